The van der Waals surface area contributed by atoms with Gasteiger partial charge in [-0.15, -0.1) is 0 Å². The average molecular weight is 355 g/mol. The minimum absolute atomic E-state index is 0. The molecule has 0 saturated carbocycles. The Morgan fingerprint density at radius 1 is 1.30 bits per heavy atom. The molecule has 1 aromatic rings. The van der Waals surface area contributed by atoms with Gasteiger partial charge in [0.1, 0.15) is 11.9 Å². The lowest BCUT2D eigenvalue weighted by atomic mass is 10.0. The minimum Gasteiger partial charge on any atom is -0.489 e. The fraction of sp³-hybridized carbons (Fsp3) is 0.571. The molecule has 1 saturated heterocycles. The van der Waals surface area contributed by atoms with Crippen LogP contribution in [0.4, 0.5) is 13.2 Å². The molecule has 2 rings (SSSR count). The number of benzene rings is 1. The molecule has 3 N–H and O–H groups in total. The fourth-order valence-corrected chi connectivity index (χ4v) is 3.39. The number of halogens is 3. The van der Waals surface area contributed by atoms with Crippen LogP contribution in [0.15, 0.2) is 24.3 Å². The second-order valence-electron chi connectivity index (χ2n) is 5.52. The first-order valence-electron chi connectivity index (χ1n) is 6.87. The maximum Gasteiger partial charge on any atom is 0.416 e. The van der Waals surface area contributed by atoms with Gasteiger partial charge in [-0.2, -0.15) is 13.2 Å². The Hall–Kier alpha value is -1.32. The van der Waals surface area contributed by atoms with Crippen molar-refractivity contribution in [2.45, 2.75) is 18.7 Å². The van der Waals surface area contributed by atoms with Crippen molar-refractivity contribution in [3.8, 4) is 5.75 Å². The first-order valence-corrected chi connectivity index (χ1v) is 8.93. The van der Waals surface area contributed by atoms with Crippen LogP contribution in [0.1, 0.15) is 12.0 Å². The number of nitrogens with one attached hydrogen (secondary N) is 1. The molecule has 23 heavy (non-hydrogen) atoms. The Balaban J connectivity index is 0.00000264. The van der Waals surface area contributed by atoms with E-state index in [1.807, 2.05) is 0 Å². The Morgan fingerprint density at radius 2 is 1.91 bits per heavy atom. The molecule has 0 amide bonds. The third-order valence-corrected chi connectivity index (χ3v) is 4.49. The molecule has 1 fully saturated rings. The van der Waals surface area contributed by atoms with Gasteiger partial charge >= 0.3 is 6.18 Å². The lowest BCUT2D eigenvalue weighted by molar-refractivity contribution is -0.137. The van der Waals surface area contributed by atoms with Crippen LogP contribution in [0.3, 0.4) is 0 Å². The zero-order valence-electron chi connectivity index (χ0n) is 12.6. The summed E-state index contributed by atoms with van der Waals surface area (Å²) >= 11 is 0. The van der Waals surface area contributed by atoms with Crippen LogP contribution in [-0.4, -0.2) is 45.1 Å². The first-order chi connectivity index (χ1) is 10.1. The molecule has 1 aromatic carbocycles. The molecule has 0 bridgehead atoms. The third kappa shape index (κ3) is 6.00. The van der Waals surface area contributed by atoms with Crippen molar-refractivity contribution in [3.63, 3.8) is 0 Å². The maximum absolute atomic E-state index is 12.5. The lowest BCUT2D eigenvalue weighted by Gasteiger charge is -2.24. The van der Waals surface area contributed by atoms with Gasteiger partial charge in [-0.25, -0.2) is 8.42 Å². The van der Waals surface area contributed by atoms with Gasteiger partial charge < -0.3 is 15.5 Å². The number of alkyl halides is 3. The second-order valence-corrected chi connectivity index (χ2v) is 7.71. The molecule has 0 spiro atoms. The molecule has 1 aliphatic rings. The summed E-state index contributed by atoms with van der Waals surface area (Å²) in [5, 5.41) is 3.13. The van der Waals surface area contributed by atoms with E-state index in [4.69, 9.17) is 4.74 Å². The van der Waals surface area contributed by atoms with Crippen molar-refractivity contribution < 1.29 is 31.8 Å². The maximum atomic E-state index is 12.5. The molecule has 5 nitrogen and oxygen atoms in total. The van der Waals surface area contributed by atoms with Gasteiger partial charge in [0.05, 0.1) is 11.3 Å². The number of rotatable bonds is 5. The zero-order chi connectivity index (χ0) is 16.4. The highest BCUT2D eigenvalue weighted by molar-refractivity contribution is 7.90. The van der Waals surface area contributed by atoms with E-state index in [1.165, 1.54) is 12.1 Å². The van der Waals surface area contributed by atoms with Crippen molar-refractivity contribution in [2.24, 2.45) is 5.92 Å². The van der Waals surface area contributed by atoms with Crippen molar-refractivity contribution >= 4 is 9.84 Å². The van der Waals surface area contributed by atoms with Crippen molar-refractivity contribution in [1.82, 2.24) is 5.32 Å². The van der Waals surface area contributed by atoms with Gasteiger partial charge in [-0.1, -0.05) is 0 Å². The number of ether oxygens (including phenoxy) is 1. The summed E-state index contributed by atoms with van der Waals surface area (Å²) in [6.07, 6.45) is -3.07. The van der Waals surface area contributed by atoms with Crippen LogP contribution in [0.5, 0.6) is 5.75 Å². The van der Waals surface area contributed by atoms with Crippen molar-refractivity contribution in [2.75, 3.05) is 25.1 Å². The summed E-state index contributed by atoms with van der Waals surface area (Å²) in [6.45, 7) is 1.42. The Labute approximate surface area is 133 Å². The molecule has 0 aromatic heterocycles. The standard InChI is InChI=1S/C14H18F3NO3S.H2O/c1-22(19,20)9-13(10-6-7-18-8-10)21-12-4-2-11(3-5-12)14(15,16)17;/h2-5,10,13,18H,6-9H2,1H3;1H2/t10-,13+;/m0./s1. The highest BCUT2D eigenvalue weighted by Crippen LogP contribution is 2.31. The van der Waals surface area contributed by atoms with Gasteiger partial charge in [0.25, 0.3) is 0 Å². The zero-order valence-corrected chi connectivity index (χ0v) is 13.4. The summed E-state index contributed by atoms with van der Waals surface area (Å²) in [5.74, 6) is 0.117. The van der Waals surface area contributed by atoms with E-state index in [0.29, 0.717) is 6.54 Å². The van der Waals surface area contributed by atoms with Gasteiger partial charge in [0.2, 0.25) is 0 Å². The SMILES string of the molecule is CS(=O)(=O)C[C@@H](Oc1ccc(C(F)(F)F)cc1)[C@H]1CCNC1.O. The van der Waals surface area contributed by atoms with Crippen LogP contribution >= 0.6 is 0 Å². The predicted octanol–water partition coefficient (Wildman–Crippen LogP) is 1.28. The summed E-state index contributed by atoms with van der Waals surface area (Å²) < 4.78 is 66.3. The third-order valence-electron chi connectivity index (χ3n) is 3.56. The van der Waals surface area contributed by atoms with Gasteiger partial charge in [0.15, 0.2) is 9.84 Å². The molecule has 2 atom stereocenters. The Kier molecular flexibility index (Phi) is 6.43. The van der Waals surface area contributed by atoms with Crippen LogP contribution in [0.2, 0.25) is 0 Å². The molecule has 0 aliphatic carbocycles. The fourth-order valence-electron chi connectivity index (χ4n) is 2.46. The van der Waals surface area contributed by atoms with E-state index in [2.05, 4.69) is 5.32 Å². The number of sulfone groups is 1. The highest BCUT2D eigenvalue weighted by atomic mass is 32.2. The van der Waals surface area contributed by atoms with E-state index < -0.39 is 27.7 Å². The summed E-state index contributed by atoms with van der Waals surface area (Å²) in [7, 11) is -3.25. The molecule has 0 radical (unpaired) electrons. The molecular formula is C14H20F3NO4S. The molecule has 9 heteroatoms. The molecular weight excluding hydrogens is 335 g/mol. The van der Waals surface area contributed by atoms with Crippen LogP contribution in [-0.2, 0) is 16.0 Å². The highest BCUT2D eigenvalue weighted by Gasteiger charge is 2.31. The van der Waals surface area contributed by atoms with E-state index >= 15 is 0 Å². The van der Waals surface area contributed by atoms with Gasteiger partial charge in [-0.3, -0.25) is 0 Å². The largest absolute Gasteiger partial charge is 0.489 e. The Morgan fingerprint density at radius 3 is 2.35 bits per heavy atom. The topological polar surface area (TPSA) is 86.9 Å². The smallest absolute Gasteiger partial charge is 0.416 e. The van der Waals surface area contributed by atoms with Gasteiger partial charge in [0, 0.05) is 18.7 Å². The van der Waals surface area contributed by atoms with E-state index in [1.54, 1.807) is 0 Å². The quantitative estimate of drug-likeness (QED) is 0.862. The number of hydrogen-bond acceptors (Lipinski definition) is 4. The predicted molar refractivity (Wildman–Crippen MR) is 80.2 cm³/mol. The number of hydrogen-bond donors (Lipinski definition) is 1. The average Bonchev–Trinajstić information content (AvgIpc) is 2.89. The van der Waals surface area contributed by atoms with Crippen LogP contribution < -0.4 is 10.1 Å². The summed E-state index contributed by atoms with van der Waals surface area (Å²) in [5.41, 5.74) is -0.762. The second kappa shape index (κ2) is 7.50. The van der Waals surface area contributed by atoms with E-state index in [-0.39, 0.29) is 22.9 Å². The summed E-state index contributed by atoms with van der Waals surface area (Å²) in [6, 6.07) is 4.31. The molecule has 1 heterocycles. The van der Waals surface area contributed by atoms with Crippen LogP contribution in [0, 0.1) is 5.92 Å². The van der Waals surface area contributed by atoms with E-state index in [9.17, 15) is 21.6 Å². The normalized spacial score (nSPS) is 19.9. The molecule has 0 unspecified atom stereocenters. The Bertz CT molecular complexity index is 595. The molecule has 1 aliphatic heterocycles. The van der Waals surface area contributed by atoms with E-state index in [0.717, 1.165) is 31.4 Å². The monoisotopic (exact) mass is 355 g/mol. The lowest BCUT2D eigenvalue weighted by Crippen LogP contribution is -2.35. The molecule has 132 valence electrons. The minimum atomic E-state index is -4.40. The van der Waals surface area contributed by atoms with Crippen molar-refractivity contribution in [3.05, 3.63) is 29.8 Å². The summed E-state index contributed by atoms with van der Waals surface area (Å²) in [4.78, 5) is 0. The van der Waals surface area contributed by atoms with Gasteiger partial charge in [-0.05, 0) is 37.2 Å². The first kappa shape index (κ1) is 19.7. The van der Waals surface area contributed by atoms with Crippen molar-refractivity contribution in [1.29, 1.82) is 0 Å². The van der Waals surface area contributed by atoms with Crippen LogP contribution in [0.25, 0.3) is 0 Å².